The predicted molar refractivity (Wildman–Crippen MR) is 104 cm³/mol. The Kier molecular flexibility index (Phi) is 6.68. The number of aryl methyl sites for hydroxylation is 2. The van der Waals surface area contributed by atoms with Crippen molar-refractivity contribution >= 4 is 35.1 Å². The fourth-order valence-electron chi connectivity index (χ4n) is 2.49. The van der Waals surface area contributed by atoms with Crippen LogP contribution < -0.4 is 5.32 Å². The van der Waals surface area contributed by atoms with Crippen molar-refractivity contribution in [2.45, 2.75) is 39.8 Å². The lowest BCUT2D eigenvalue weighted by atomic mass is 10.1. The summed E-state index contributed by atoms with van der Waals surface area (Å²) in [6.07, 6.45) is -0.934. The van der Waals surface area contributed by atoms with E-state index in [9.17, 15) is 9.59 Å². The Hall–Kier alpha value is -2.04. The van der Waals surface area contributed by atoms with Gasteiger partial charge in [-0.15, -0.1) is 0 Å². The van der Waals surface area contributed by atoms with E-state index >= 15 is 0 Å². The van der Waals surface area contributed by atoms with Gasteiger partial charge in [-0.05, 0) is 57.0 Å². The topological polar surface area (TPSA) is 55.4 Å². The molecule has 1 amide bonds. The first kappa shape index (κ1) is 20.3. The Balaban J connectivity index is 2.02. The maximum Gasteiger partial charge on any atom is 0.339 e. The number of halogens is 2. The van der Waals surface area contributed by atoms with Crippen LogP contribution in [0.15, 0.2) is 36.4 Å². The van der Waals surface area contributed by atoms with Crippen molar-refractivity contribution in [3.63, 3.8) is 0 Å². The van der Waals surface area contributed by atoms with Crippen LogP contribution in [0.25, 0.3) is 0 Å². The van der Waals surface area contributed by atoms with Gasteiger partial charge >= 0.3 is 5.97 Å². The summed E-state index contributed by atoms with van der Waals surface area (Å²) in [4.78, 5) is 24.7. The van der Waals surface area contributed by atoms with Gasteiger partial charge in [0.2, 0.25) is 0 Å². The van der Waals surface area contributed by atoms with E-state index in [2.05, 4.69) is 5.32 Å². The highest BCUT2D eigenvalue weighted by molar-refractivity contribution is 6.35. The molecule has 0 saturated heterocycles. The average molecular weight is 394 g/mol. The molecule has 0 fully saturated rings. The highest BCUT2D eigenvalue weighted by atomic mass is 35.5. The van der Waals surface area contributed by atoms with Crippen LogP contribution >= 0.6 is 23.2 Å². The predicted octanol–water partition coefficient (Wildman–Crippen LogP) is 5.03. The average Bonchev–Trinajstić information content (AvgIpc) is 2.56. The second-order valence-corrected chi connectivity index (χ2v) is 7.11. The standard InChI is InChI=1S/C20H21Cl2NO3/c1-11-5-6-12(2)17(9-11)20(25)26-14(4)19(24)23-13(3)16-8-7-15(21)10-18(16)22/h5-10,13-14H,1-4H3,(H,23,24)/t13-,14+/m1/s1. The quantitative estimate of drug-likeness (QED) is 0.724. The number of nitrogens with one attached hydrogen (secondary N) is 1. The van der Waals surface area contributed by atoms with Gasteiger partial charge in [-0.2, -0.15) is 0 Å². The zero-order valence-corrected chi connectivity index (χ0v) is 16.6. The Morgan fingerprint density at radius 3 is 2.38 bits per heavy atom. The molecule has 0 spiro atoms. The number of rotatable bonds is 5. The van der Waals surface area contributed by atoms with Gasteiger partial charge in [-0.1, -0.05) is 47.0 Å². The molecule has 2 aromatic carbocycles. The molecule has 0 bridgehead atoms. The Morgan fingerprint density at radius 1 is 1.04 bits per heavy atom. The number of carbonyl (C=O) groups is 2. The van der Waals surface area contributed by atoms with E-state index in [1.807, 2.05) is 26.0 Å². The first-order valence-corrected chi connectivity index (χ1v) is 8.98. The van der Waals surface area contributed by atoms with Gasteiger partial charge in [-0.3, -0.25) is 4.79 Å². The zero-order chi connectivity index (χ0) is 19.4. The molecule has 26 heavy (non-hydrogen) atoms. The Morgan fingerprint density at radius 2 is 1.73 bits per heavy atom. The summed E-state index contributed by atoms with van der Waals surface area (Å²) in [5.41, 5.74) is 2.94. The number of benzene rings is 2. The Labute approximate surface area is 163 Å². The summed E-state index contributed by atoms with van der Waals surface area (Å²) in [7, 11) is 0. The SMILES string of the molecule is Cc1ccc(C)c(C(=O)O[C@@H](C)C(=O)N[C@H](C)c2ccc(Cl)cc2Cl)c1. The fraction of sp³-hybridized carbons (Fsp3) is 0.300. The van der Waals surface area contributed by atoms with Gasteiger partial charge in [0.1, 0.15) is 0 Å². The van der Waals surface area contributed by atoms with E-state index in [4.69, 9.17) is 27.9 Å². The fourth-order valence-corrected chi connectivity index (χ4v) is 3.07. The summed E-state index contributed by atoms with van der Waals surface area (Å²) < 4.78 is 5.32. The van der Waals surface area contributed by atoms with Crippen molar-refractivity contribution < 1.29 is 14.3 Å². The molecule has 0 aliphatic rings. The first-order valence-electron chi connectivity index (χ1n) is 8.22. The lowest BCUT2D eigenvalue weighted by molar-refractivity contribution is -0.129. The second kappa shape index (κ2) is 8.56. The number of hydrogen-bond acceptors (Lipinski definition) is 3. The van der Waals surface area contributed by atoms with Crippen LogP contribution in [0, 0.1) is 13.8 Å². The largest absolute Gasteiger partial charge is 0.449 e. The maximum absolute atomic E-state index is 12.4. The van der Waals surface area contributed by atoms with Crippen LogP contribution in [0.4, 0.5) is 0 Å². The van der Waals surface area contributed by atoms with Gasteiger partial charge in [0.15, 0.2) is 6.10 Å². The number of esters is 1. The van der Waals surface area contributed by atoms with Gasteiger partial charge in [0.05, 0.1) is 11.6 Å². The summed E-state index contributed by atoms with van der Waals surface area (Å²) >= 11 is 12.1. The minimum absolute atomic E-state index is 0.353. The molecule has 0 unspecified atom stereocenters. The summed E-state index contributed by atoms with van der Waals surface area (Å²) in [5.74, 6) is -0.923. The molecule has 0 radical (unpaired) electrons. The molecular formula is C20H21Cl2NO3. The summed E-state index contributed by atoms with van der Waals surface area (Å²) in [5, 5.41) is 3.78. The number of hydrogen-bond donors (Lipinski definition) is 1. The lowest BCUT2D eigenvalue weighted by Gasteiger charge is -2.19. The molecule has 0 aliphatic carbocycles. The third kappa shape index (κ3) is 4.99. The second-order valence-electron chi connectivity index (χ2n) is 6.26. The number of amides is 1. The van der Waals surface area contributed by atoms with Gasteiger partial charge in [0, 0.05) is 10.0 Å². The van der Waals surface area contributed by atoms with Crippen molar-refractivity contribution in [1.82, 2.24) is 5.32 Å². The minimum Gasteiger partial charge on any atom is -0.449 e. The molecule has 1 N–H and O–H groups in total. The zero-order valence-electron chi connectivity index (χ0n) is 15.1. The molecule has 2 atom stereocenters. The first-order chi connectivity index (χ1) is 12.2. The molecule has 6 heteroatoms. The third-order valence-corrected chi connectivity index (χ3v) is 4.62. The van der Waals surface area contributed by atoms with Gasteiger partial charge < -0.3 is 10.1 Å². The van der Waals surface area contributed by atoms with E-state index in [1.54, 1.807) is 31.2 Å². The molecule has 2 rings (SSSR count). The third-order valence-electron chi connectivity index (χ3n) is 4.05. The monoisotopic (exact) mass is 393 g/mol. The molecule has 0 heterocycles. The van der Waals surface area contributed by atoms with Crippen molar-refractivity contribution in [1.29, 1.82) is 0 Å². The molecule has 138 valence electrons. The highest BCUT2D eigenvalue weighted by Gasteiger charge is 2.22. The number of carbonyl (C=O) groups excluding carboxylic acids is 2. The normalized spacial score (nSPS) is 13.0. The minimum atomic E-state index is -0.934. The highest BCUT2D eigenvalue weighted by Crippen LogP contribution is 2.26. The van der Waals surface area contributed by atoms with Crippen molar-refractivity contribution in [3.8, 4) is 0 Å². The van der Waals surface area contributed by atoms with E-state index in [0.717, 1.165) is 16.7 Å². The van der Waals surface area contributed by atoms with Crippen LogP contribution in [0.5, 0.6) is 0 Å². The van der Waals surface area contributed by atoms with Gasteiger partial charge in [0.25, 0.3) is 5.91 Å². The van der Waals surface area contributed by atoms with E-state index in [-0.39, 0.29) is 6.04 Å². The van der Waals surface area contributed by atoms with Crippen LogP contribution in [0.2, 0.25) is 10.0 Å². The molecule has 2 aromatic rings. The molecular weight excluding hydrogens is 373 g/mol. The van der Waals surface area contributed by atoms with Crippen LogP contribution in [-0.4, -0.2) is 18.0 Å². The van der Waals surface area contributed by atoms with E-state index < -0.39 is 18.0 Å². The van der Waals surface area contributed by atoms with Crippen LogP contribution in [0.3, 0.4) is 0 Å². The molecule has 0 aromatic heterocycles. The van der Waals surface area contributed by atoms with E-state index in [0.29, 0.717) is 15.6 Å². The molecule has 0 aliphatic heterocycles. The van der Waals surface area contributed by atoms with Crippen LogP contribution in [-0.2, 0) is 9.53 Å². The summed E-state index contributed by atoms with van der Waals surface area (Å²) in [6, 6.07) is 10.2. The van der Waals surface area contributed by atoms with Crippen molar-refractivity contribution in [2.75, 3.05) is 0 Å². The molecule has 0 saturated carbocycles. The Bertz CT molecular complexity index is 836. The van der Waals surface area contributed by atoms with E-state index in [1.165, 1.54) is 6.92 Å². The summed E-state index contributed by atoms with van der Waals surface area (Å²) in [6.45, 7) is 7.05. The van der Waals surface area contributed by atoms with Crippen molar-refractivity contribution in [2.24, 2.45) is 0 Å². The molecule has 4 nitrogen and oxygen atoms in total. The lowest BCUT2D eigenvalue weighted by Crippen LogP contribution is -2.37. The maximum atomic E-state index is 12.4. The smallest absolute Gasteiger partial charge is 0.339 e. The van der Waals surface area contributed by atoms with Crippen LogP contribution in [0.1, 0.15) is 46.9 Å². The van der Waals surface area contributed by atoms with Crippen molar-refractivity contribution in [3.05, 3.63) is 68.7 Å². The van der Waals surface area contributed by atoms with Gasteiger partial charge in [-0.25, -0.2) is 4.79 Å². The number of ether oxygens (including phenoxy) is 1.